The van der Waals surface area contributed by atoms with Crippen LogP contribution in [0.25, 0.3) is 11.2 Å². The number of aliphatic hydroxyl groups is 5. The molecule has 5 heterocycles. The molecule has 0 aromatic carbocycles. The summed E-state index contributed by atoms with van der Waals surface area (Å²) in [6.45, 7) is 1.01. The van der Waals surface area contributed by atoms with Crippen LogP contribution in [0.3, 0.4) is 0 Å². The van der Waals surface area contributed by atoms with Gasteiger partial charge < -0.3 is 61.2 Å². The number of carbonyl (C=O) groups excluding carboxylic acids is 2. The Kier molecular flexibility index (Phi) is 12.6. The van der Waals surface area contributed by atoms with Gasteiger partial charge in [0.2, 0.25) is 5.91 Å². The molecule has 2 fully saturated rings. The number of nitrogens with two attached hydrogens (primary N) is 2. The van der Waals surface area contributed by atoms with Gasteiger partial charge in [0.25, 0.3) is 0 Å². The number of aliphatic hydroxyl groups excluding tert-OH is 5. The van der Waals surface area contributed by atoms with Gasteiger partial charge in [0, 0.05) is 18.0 Å². The number of amides is 1. The number of fused-ring (bicyclic) bond motifs is 1. The highest BCUT2D eigenvalue weighted by Gasteiger charge is 2.48. The number of phosphoric ester groups is 2. The van der Waals surface area contributed by atoms with E-state index in [-0.39, 0.29) is 34.8 Å². The molecule has 278 valence electrons. The lowest BCUT2D eigenvalue weighted by molar-refractivity contribution is -0.124. The highest BCUT2D eigenvalue weighted by molar-refractivity contribution is 7.61. The van der Waals surface area contributed by atoms with E-state index in [1.165, 1.54) is 42.0 Å². The van der Waals surface area contributed by atoms with E-state index in [0.29, 0.717) is 0 Å². The van der Waals surface area contributed by atoms with Gasteiger partial charge in [-0.1, -0.05) is 6.08 Å². The maximum Gasteiger partial charge on any atom is 0.481 e. The van der Waals surface area contributed by atoms with Crippen LogP contribution in [0, 0.1) is 0 Å². The van der Waals surface area contributed by atoms with E-state index < -0.39 is 89.9 Å². The van der Waals surface area contributed by atoms with Gasteiger partial charge in [-0.3, -0.25) is 23.2 Å². The Labute approximate surface area is 282 Å². The Morgan fingerprint density at radius 3 is 2.06 bits per heavy atom. The Hall–Kier alpha value is -3.25. The molecule has 3 aliphatic heterocycles. The highest BCUT2D eigenvalue weighted by atomic mass is 31.3. The summed E-state index contributed by atoms with van der Waals surface area (Å²) in [6.07, 6.45) is -5.67. The third-order valence-corrected chi connectivity index (χ3v) is 10.1. The van der Waals surface area contributed by atoms with Crippen molar-refractivity contribution in [1.29, 1.82) is 0 Å². The number of ether oxygens (including phenoxy) is 2. The van der Waals surface area contributed by atoms with Gasteiger partial charge in [0.15, 0.2) is 29.7 Å². The van der Waals surface area contributed by atoms with Crippen LogP contribution in [0.1, 0.15) is 26.5 Å². The standard InChI is InChI=1S/C21H29N7O14P2.C4H8O2/c22-17-12-19(25-7-24-17)28(8-26-12)21-16(32)14(30)11(41-21)6-39-44(36,37)42-43(34,35)38-5-10-13(29)15(31)20(40-10)27-3-1-2-9(4-27)18(23)33;1-3(5)4(2)6/h1,3-4,7-8,10-11,13-16,20-21,29-32H,2,5-6H2,(H2,23,33)(H,34,35)(H,36,37)(H2,22,24,25);3,5H,1-2H3/t10-,11-,13-,14-,15-,16-,20-,21-;/m1./s1. The number of nitrogen functional groups attached to an aromatic ring is 1. The third kappa shape index (κ3) is 9.34. The van der Waals surface area contributed by atoms with Crippen LogP contribution in [0.5, 0.6) is 0 Å². The zero-order valence-electron chi connectivity index (χ0n) is 26.3. The molecule has 23 nitrogen and oxygen atoms in total. The minimum Gasteiger partial charge on any atom is -0.387 e. The topological polar surface area (TPSA) is 355 Å². The molecule has 0 spiro atoms. The Morgan fingerprint density at radius 2 is 1.52 bits per heavy atom. The molecule has 3 unspecified atom stereocenters. The molecule has 0 aliphatic carbocycles. The Morgan fingerprint density at radius 1 is 0.980 bits per heavy atom. The molecule has 2 aromatic heterocycles. The fraction of sp³-hybridized carbons (Fsp3) is 0.560. The summed E-state index contributed by atoms with van der Waals surface area (Å²) in [7, 11) is -10.7. The monoisotopic (exact) mass is 753 g/mol. The molecular weight excluding hydrogens is 716 g/mol. The summed E-state index contributed by atoms with van der Waals surface area (Å²) in [5, 5.41) is 49.9. The number of phosphoric acid groups is 2. The molecule has 0 saturated carbocycles. The first kappa shape index (κ1) is 39.5. The molecule has 2 aromatic rings. The maximum atomic E-state index is 12.4. The van der Waals surface area contributed by atoms with E-state index >= 15 is 0 Å². The van der Waals surface area contributed by atoms with E-state index in [9.17, 15) is 48.9 Å². The van der Waals surface area contributed by atoms with Crippen molar-refractivity contribution in [2.45, 2.75) is 75.5 Å². The highest BCUT2D eigenvalue weighted by Crippen LogP contribution is 2.60. The second kappa shape index (κ2) is 16.0. The van der Waals surface area contributed by atoms with Gasteiger partial charge in [-0.05, 0) is 20.3 Å². The predicted octanol–water partition coefficient (Wildman–Crippen LogP) is -2.73. The van der Waals surface area contributed by atoms with Crippen LogP contribution in [-0.2, 0) is 41.6 Å². The lowest BCUT2D eigenvalue weighted by atomic mass is 10.1. The first-order chi connectivity index (χ1) is 23.3. The van der Waals surface area contributed by atoms with Crippen molar-refractivity contribution in [3.05, 3.63) is 36.7 Å². The van der Waals surface area contributed by atoms with Crippen LogP contribution in [0.4, 0.5) is 5.82 Å². The summed E-state index contributed by atoms with van der Waals surface area (Å²) in [4.78, 5) is 54.5. The lowest BCUT2D eigenvalue weighted by Gasteiger charge is -2.28. The molecule has 1 amide bonds. The zero-order valence-corrected chi connectivity index (χ0v) is 28.1. The van der Waals surface area contributed by atoms with Gasteiger partial charge in [-0.2, -0.15) is 4.31 Å². The molecule has 50 heavy (non-hydrogen) atoms. The maximum absolute atomic E-state index is 12.4. The second-order valence-electron chi connectivity index (χ2n) is 11.1. The van der Waals surface area contributed by atoms with Crippen LogP contribution >= 0.6 is 15.6 Å². The number of imidazole rings is 1. The fourth-order valence-corrected chi connectivity index (χ4v) is 6.77. The molecule has 2 saturated heterocycles. The van der Waals surface area contributed by atoms with Crippen LogP contribution in [0.2, 0.25) is 0 Å². The third-order valence-electron chi connectivity index (χ3n) is 7.46. The summed E-state index contributed by atoms with van der Waals surface area (Å²) >= 11 is 0. The summed E-state index contributed by atoms with van der Waals surface area (Å²) in [5.41, 5.74) is 11.6. The van der Waals surface area contributed by atoms with E-state index in [2.05, 4.69) is 19.3 Å². The average Bonchev–Trinajstić information content (AvgIpc) is 3.69. The van der Waals surface area contributed by atoms with Gasteiger partial charge in [-0.15, -0.1) is 0 Å². The number of ketones is 1. The van der Waals surface area contributed by atoms with Gasteiger partial charge >= 0.3 is 15.6 Å². The van der Waals surface area contributed by atoms with Crippen molar-refractivity contribution < 1.29 is 76.9 Å². The first-order valence-corrected chi connectivity index (χ1v) is 17.6. The number of hydrogen-bond acceptors (Lipinski definition) is 19. The van der Waals surface area contributed by atoms with Crippen molar-refractivity contribution in [2.24, 2.45) is 5.73 Å². The number of Topliss-reactive ketones (excluding diaryl/α,β-unsaturated/α-hetero) is 1. The summed E-state index contributed by atoms with van der Waals surface area (Å²) in [6, 6.07) is 0. The predicted molar refractivity (Wildman–Crippen MR) is 164 cm³/mol. The van der Waals surface area contributed by atoms with E-state index in [1.807, 2.05) is 0 Å². The zero-order chi connectivity index (χ0) is 37.1. The molecule has 11 N–H and O–H groups in total. The molecule has 0 bridgehead atoms. The Balaban J connectivity index is 0.000000860. The van der Waals surface area contributed by atoms with Crippen molar-refractivity contribution in [2.75, 3.05) is 18.9 Å². The second-order valence-corrected chi connectivity index (χ2v) is 14.2. The van der Waals surface area contributed by atoms with E-state index in [0.717, 1.165) is 6.33 Å². The molecular formula is C25H37N7O16P2. The van der Waals surface area contributed by atoms with Gasteiger partial charge in [0.1, 0.15) is 54.6 Å². The van der Waals surface area contributed by atoms with Crippen LogP contribution in [0.15, 0.2) is 36.7 Å². The summed E-state index contributed by atoms with van der Waals surface area (Å²) < 4.78 is 50.8. The quantitative estimate of drug-likeness (QED) is 0.0993. The SMILES string of the molecule is CC(=O)C(C)O.NC(=O)C1=CN([C@@H]2O[C@H](COP(=O)(O)OP(=O)(O)OC[C@H]3O[C@@H](n4cnc5c(N)ncnc54)[C@H](O)[C@@H]3O)[C@@H](O)[C@H]2O)C=CC1. The molecule has 5 rings (SSSR count). The van der Waals surface area contributed by atoms with Crippen LogP contribution < -0.4 is 11.5 Å². The average molecular weight is 754 g/mol. The molecule has 0 radical (unpaired) electrons. The van der Waals surface area contributed by atoms with E-state index in [1.54, 1.807) is 6.08 Å². The Bertz CT molecular complexity index is 1710. The van der Waals surface area contributed by atoms with Crippen molar-refractivity contribution in [3.8, 4) is 0 Å². The molecule has 25 heteroatoms. The number of primary amides is 1. The van der Waals surface area contributed by atoms with E-state index in [4.69, 9.17) is 35.1 Å². The number of carbonyl (C=O) groups is 2. The number of nitrogens with zero attached hydrogens (tertiary/aromatic N) is 5. The van der Waals surface area contributed by atoms with Gasteiger partial charge in [-0.25, -0.2) is 24.1 Å². The number of hydrogen-bond donors (Lipinski definition) is 9. The molecule has 3 aliphatic rings. The number of anilines is 1. The lowest BCUT2D eigenvalue weighted by Crippen LogP contribution is -2.40. The van der Waals surface area contributed by atoms with Crippen molar-refractivity contribution >= 4 is 44.3 Å². The largest absolute Gasteiger partial charge is 0.481 e. The first-order valence-electron chi connectivity index (χ1n) is 14.6. The minimum atomic E-state index is -5.37. The normalized spacial score (nSPS) is 31.0. The number of rotatable bonds is 12. The fourth-order valence-electron chi connectivity index (χ4n) is 4.68. The number of aromatic nitrogens is 4. The smallest absolute Gasteiger partial charge is 0.387 e. The minimum absolute atomic E-state index is 0.0517. The summed E-state index contributed by atoms with van der Waals surface area (Å²) in [5.74, 6) is -0.843. The van der Waals surface area contributed by atoms with Crippen molar-refractivity contribution in [1.82, 2.24) is 24.4 Å². The van der Waals surface area contributed by atoms with Crippen LogP contribution in [-0.4, -0.2) is 134 Å². The van der Waals surface area contributed by atoms with Crippen molar-refractivity contribution in [3.63, 3.8) is 0 Å². The molecule has 11 atom stereocenters. The number of allylic oxidation sites excluding steroid dienone is 1. The van der Waals surface area contributed by atoms with Gasteiger partial charge in [0.05, 0.1) is 19.5 Å².